The van der Waals surface area contributed by atoms with Gasteiger partial charge in [-0.2, -0.15) is 0 Å². The van der Waals surface area contributed by atoms with Crippen LogP contribution in [0.3, 0.4) is 0 Å². The second-order valence-electron chi connectivity index (χ2n) is 4.46. The first-order valence-electron chi connectivity index (χ1n) is 6.26. The molecule has 0 saturated heterocycles. The highest BCUT2D eigenvalue weighted by molar-refractivity contribution is 6.06. The van der Waals surface area contributed by atoms with Gasteiger partial charge in [0.05, 0.1) is 16.2 Å². The number of hydrogen-bond acceptors (Lipinski definition) is 5. The van der Waals surface area contributed by atoms with Crippen molar-refractivity contribution in [2.24, 2.45) is 5.16 Å². The van der Waals surface area contributed by atoms with Crippen LogP contribution in [-0.4, -0.2) is 41.1 Å². The lowest BCUT2D eigenvalue weighted by Crippen LogP contribution is -2.36. The van der Waals surface area contributed by atoms with Gasteiger partial charge in [0, 0.05) is 26.1 Å². The van der Waals surface area contributed by atoms with Gasteiger partial charge in [0.25, 0.3) is 11.6 Å². The molecule has 0 spiro atoms. The quantitative estimate of drug-likeness (QED) is 0.617. The highest BCUT2D eigenvalue weighted by Crippen LogP contribution is 2.25. The molecule has 0 fully saturated rings. The van der Waals surface area contributed by atoms with Crippen molar-refractivity contribution in [3.8, 4) is 0 Å². The molecule has 0 N–H and O–H groups in total. The Morgan fingerprint density at radius 1 is 1.55 bits per heavy atom. The van der Waals surface area contributed by atoms with Gasteiger partial charge in [0.2, 0.25) is 6.10 Å². The molecule has 0 radical (unpaired) electrons. The van der Waals surface area contributed by atoms with Crippen molar-refractivity contribution in [3.63, 3.8) is 0 Å². The molecule has 2 rings (SSSR count). The van der Waals surface area contributed by atoms with Gasteiger partial charge in [-0.25, -0.2) is 0 Å². The molecule has 0 saturated carbocycles. The molecular formula is C13H15N3O4. The molecule has 1 aliphatic rings. The summed E-state index contributed by atoms with van der Waals surface area (Å²) < 4.78 is 0. The van der Waals surface area contributed by atoms with Crippen molar-refractivity contribution < 1.29 is 14.6 Å². The number of oxime groups is 1. The fourth-order valence-electron chi connectivity index (χ4n) is 1.95. The van der Waals surface area contributed by atoms with E-state index in [0.29, 0.717) is 17.8 Å². The zero-order valence-corrected chi connectivity index (χ0v) is 11.3. The van der Waals surface area contributed by atoms with E-state index in [-0.39, 0.29) is 18.0 Å². The summed E-state index contributed by atoms with van der Waals surface area (Å²) in [5.74, 6) is -0.176. The number of nitrogens with zero attached hydrogens (tertiary/aromatic N) is 3. The number of benzene rings is 1. The molecule has 1 aromatic rings. The Morgan fingerprint density at radius 2 is 2.25 bits per heavy atom. The number of amides is 1. The van der Waals surface area contributed by atoms with Crippen LogP contribution in [0.15, 0.2) is 29.4 Å². The maximum Gasteiger partial charge on any atom is 0.278 e. The van der Waals surface area contributed by atoms with Crippen molar-refractivity contribution in [1.29, 1.82) is 0 Å². The first-order chi connectivity index (χ1) is 9.54. The van der Waals surface area contributed by atoms with E-state index in [1.54, 1.807) is 25.2 Å². The van der Waals surface area contributed by atoms with E-state index in [2.05, 4.69) is 5.16 Å². The van der Waals surface area contributed by atoms with Crippen molar-refractivity contribution in [3.05, 3.63) is 39.9 Å². The summed E-state index contributed by atoms with van der Waals surface area (Å²) in [5, 5.41) is 14.8. The van der Waals surface area contributed by atoms with E-state index in [0.717, 1.165) is 0 Å². The Hall–Kier alpha value is -2.44. The highest BCUT2D eigenvalue weighted by Gasteiger charge is 2.32. The summed E-state index contributed by atoms with van der Waals surface area (Å²) in [5.41, 5.74) is 0.791. The number of likely N-dealkylation sites (N-methyl/N-ethyl adjacent to an activating group) is 1. The van der Waals surface area contributed by atoms with E-state index < -0.39 is 11.0 Å². The van der Waals surface area contributed by atoms with Crippen LogP contribution in [0.4, 0.5) is 5.69 Å². The molecule has 1 unspecified atom stereocenters. The predicted molar refractivity (Wildman–Crippen MR) is 72.4 cm³/mol. The molecule has 1 atom stereocenters. The highest BCUT2D eigenvalue weighted by atomic mass is 16.6. The van der Waals surface area contributed by atoms with Gasteiger partial charge in [-0.3, -0.25) is 14.9 Å². The number of rotatable bonds is 4. The summed E-state index contributed by atoms with van der Waals surface area (Å²) in [4.78, 5) is 29.1. The molecule has 0 bridgehead atoms. The number of carbonyl (C=O) groups excluding carboxylic acids is 1. The van der Waals surface area contributed by atoms with E-state index in [4.69, 9.17) is 4.84 Å². The van der Waals surface area contributed by atoms with Crippen LogP contribution in [0.2, 0.25) is 0 Å². The lowest BCUT2D eigenvalue weighted by atomic mass is 10.0. The predicted octanol–water partition coefficient (Wildman–Crippen LogP) is 1.57. The average Bonchev–Trinajstić information content (AvgIpc) is 2.95. The third kappa shape index (κ3) is 2.61. The molecule has 1 amide bonds. The van der Waals surface area contributed by atoms with E-state index in [1.807, 2.05) is 6.92 Å². The monoisotopic (exact) mass is 277 g/mol. The van der Waals surface area contributed by atoms with Crippen LogP contribution in [-0.2, 0) is 9.63 Å². The van der Waals surface area contributed by atoms with Crippen LogP contribution in [0.5, 0.6) is 0 Å². The molecule has 0 aliphatic carbocycles. The Kier molecular flexibility index (Phi) is 3.97. The summed E-state index contributed by atoms with van der Waals surface area (Å²) >= 11 is 0. The van der Waals surface area contributed by atoms with Crippen LogP contribution in [0.1, 0.15) is 18.9 Å². The number of hydrogen-bond donors (Lipinski definition) is 0. The fraction of sp³-hybridized carbons (Fsp3) is 0.385. The van der Waals surface area contributed by atoms with E-state index >= 15 is 0 Å². The van der Waals surface area contributed by atoms with Crippen molar-refractivity contribution in [1.82, 2.24) is 4.90 Å². The SMILES string of the molecule is CCN(C)C(=O)C1CC(c2ccccc2[N+](=O)[O-])=NO1. The molecular weight excluding hydrogens is 262 g/mol. The number of carbonyl (C=O) groups is 1. The topological polar surface area (TPSA) is 85.0 Å². The molecule has 1 aliphatic heterocycles. The van der Waals surface area contributed by atoms with Crippen molar-refractivity contribution in [2.45, 2.75) is 19.4 Å². The fourth-order valence-corrected chi connectivity index (χ4v) is 1.95. The summed E-state index contributed by atoms with van der Waals surface area (Å²) in [7, 11) is 1.68. The van der Waals surface area contributed by atoms with Gasteiger partial charge in [-0.1, -0.05) is 17.3 Å². The minimum absolute atomic E-state index is 0.0354. The smallest absolute Gasteiger partial charge is 0.278 e. The molecule has 20 heavy (non-hydrogen) atoms. The third-order valence-corrected chi connectivity index (χ3v) is 3.21. The lowest BCUT2D eigenvalue weighted by Gasteiger charge is -2.17. The Labute approximate surface area is 116 Å². The van der Waals surface area contributed by atoms with Gasteiger partial charge >= 0.3 is 0 Å². The van der Waals surface area contributed by atoms with Crippen molar-refractivity contribution >= 4 is 17.3 Å². The first-order valence-corrected chi connectivity index (χ1v) is 6.26. The van der Waals surface area contributed by atoms with Gasteiger partial charge < -0.3 is 9.74 Å². The lowest BCUT2D eigenvalue weighted by molar-refractivity contribution is -0.385. The standard InChI is InChI=1S/C13H15N3O4/c1-3-15(2)13(17)12-8-10(14-20-12)9-6-4-5-7-11(9)16(18)19/h4-7,12H,3,8H2,1-2H3. The van der Waals surface area contributed by atoms with Gasteiger partial charge in [0.15, 0.2) is 0 Å². The zero-order chi connectivity index (χ0) is 14.7. The van der Waals surface area contributed by atoms with Crippen molar-refractivity contribution in [2.75, 3.05) is 13.6 Å². The van der Waals surface area contributed by atoms with Crippen LogP contribution >= 0.6 is 0 Å². The normalized spacial score (nSPS) is 17.3. The number of para-hydroxylation sites is 1. The molecule has 7 heteroatoms. The second-order valence-corrected chi connectivity index (χ2v) is 4.46. The van der Waals surface area contributed by atoms with Crippen LogP contribution in [0.25, 0.3) is 0 Å². The molecule has 106 valence electrons. The minimum Gasteiger partial charge on any atom is -0.382 e. The van der Waals surface area contributed by atoms with E-state index in [9.17, 15) is 14.9 Å². The number of nitro groups is 1. The van der Waals surface area contributed by atoms with Gasteiger partial charge in [-0.15, -0.1) is 0 Å². The van der Waals surface area contributed by atoms with Crippen LogP contribution in [0, 0.1) is 10.1 Å². The Bertz CT molecular complexity index is 570. The Balaban J connectivity index is 2.18. The molecule has 1 aromatic carbocycles. The number of nitro benzene ring substituents is 1. The van der Waals surface area contributed by atoms with Crippen LogP contribution < -0.4 is 0 Å². The molecule has 7 nitrogen and oxygen atoms in total. The largest absolute Gasteiger partial charge is 0.382 e. The molecule has 0 aromatic heterocycles. The summed E-state index contributed by atoms with van der Waals surface area (Å²) in [6.07, 6.45) is -0.455. The summed E-state index contributed by atoms with van der Waals surface area (Å²) in [6.45, 7) is 2.43. The average molecular weight is 277 g/mol. The summed E-state index contributed by atoms with van der Waals surface area (Å²) in [6, 6.07) is 6.30. The third-order valence-electron chi connectivity index (χ3n) is 3.21. The zero-order valence-electron chi connectivity index (χ0n) is 11.3. The van der Waals surface area contributed by atoms with E-state index in [1.165, 1.54) is 11.0 Å². The maximum atomic E-state index is 12.0. The van der Waals surface area contributed by atoms with Gasteiger partial charge in [-0.05, 0) is 13.0 Å². The first kappa shape index (κ1) is 14.0. The second kappa shape index (κ2) is 5.68. The van der Waals surface area contributed by atoms with Gasteiger partial charge in [0.1, 0.15) is 0 Å². The molecule has 1 heterocycles. The minimum atomic E-state index is -0.699. The Morgan fingerprint density at radius 3 is 2.90 bits per heavy atom. The maximum absolute atomic E-state index is 12.0.